The summed E-state index contributed by atoms with van der Waals surface area (Å²) in [6.45, 7) is 6.09. The van der Waals surface area contributed by atoms with Crippen LogP contribution < -0.4 is 5.43 Å². The van der Waals surface area contributed by atoms with E-state index in [0.29, 0.717) is 0 Å². The van der Waals surface area contributed by atoms with Crippen molar-refractivity contribution in [2.24, 2.45) is 5.10 Å². The van der Waals surface area contributed by atoms with Crippen molar-refractivity contribution < 1.29 is 9.72 Å². The highest BCUT2D eigenvalue weighted by Gasteiger charge is 2.18. The second kappa shape index (κ2) is 9.30. The summed E-state index contributed by atoms with van der Waals surface area (Å²) in [7, 11) is 0. The van der Waals surface area contributed by atoms with Crippen LogP contribution in [0.25, 0.3) is 0 Å². The van der Waals surface area contributed by atoms with E-state index in [-0.39, 0.29) is 11.3 Å². The third-order valence-electron chi connectivity index (χ3n) is 3.04. The fourth-order valence-electron chi connectivity index (χ4n) is 1.82. The molecule has 0 atom stereocenters. The average Bonchev–Trinajstić information content (AvgIpc) is 2.51. The molecule has 0 saturated carbocycles. The molecule has 122 valence electrons. The van der Waals surface area contributed by atoms with Gasteiger partial charge in [0, 0.05) is 12.3 Å². The third kappa shape index (κ3) is 6.69. The van der Waals surface area contributed by atoms with Gasteiger partial charge in [0.2, 0.25) is 0 Å². The molecule has 6 nitrogen and oxygen atoms in total. The van der Waals surface area contributed by atoms with Gasteiger partial charge in [-0.1, -0.05) is 29.4 Å². The number of nitrogens with one attached hydrogen (secondary N) is 1. The second-order valence-corrected chi connectivity index (χ2v) is 5.33. The fourth-order valence-corrected chi connectivity index (χ4v) is 1.82. The van der Waals surface area contributed by atoms with Crippen LogP contribution in [-0.2, 0) is 0 Å². The van der Waals surface area contributed by atoms with Gasteiger partial charge in [0.25, 0.3) is 11.6 Å². The van der Waals surface area contributed by atoms with Gasteiger partial charge in [0.05, 0.1) is 4.92 Å². The zero-order chi connectivity index (χ0) is 17.2. The maximum Gasteiger partial charge on any atom is 0.282 e. The Hall–Kier alpha value is -2.76. The molecule has 0 bridgehead atoms. The highest BCUT2D eigenvalue weighted by molar-refractivity contribution is 5.98. The Morgan fingerprint density at radius 1 is 1.30 bits per heavy atom. The summed E-state index contributed by atoms with van der Waals surface area (Å²) in [5, 5.41) is 14.7. The Kier molecular flexibility index (Phi) is 7.39. The molecule has 0 aliphatic rings. The molecular formula is C17H21N3O3. The van der Waals surface area contributed by atoms with Gasteiger partial charge in [-0.15, -0.1) is 0 Å². The van der Waals surface area contributed by atoms with Crippen molar-refractivity contribution in [2.45, 2.75) is 33.6 Å². The molecule has 0 unspecified atom stereocenters. The smallest absolute Gasteiger partial charge is 0.267 e. The monoisotopic (exact) mass is 315 g/mol. The number of carbonyl (C=O) groups is 1. The number of benzene rings is 1. The fraction of sp³-hybridized carbons (Fsp3) is 0.294. The van der Waals surface area contributed by atoms with Crippen LogP contribution >= 0.6 is 0 Å². The SMILES string of the molecule is CC(C)=CCC/C(C)=C/C=N/NC(=O)c1ccccc1[N+](=O)[O-]. The van der Waals surface area contributed by atoms with E-state index in [1.165, 1.54) is 30.0 Å². The number of hydrogen-bond donors (Lipinski definition) is 1. The van der Waals surface area contributed by atoms with Crippen molar-refractivity contribution in [3.05, 3.63) is 63.2 Å². The van der Waals surface area contributed by atoms with Crippen LogP contribution in [0.2, 0.25) is 0 Å². The zero-order valence-corrected chi connectivity index (χ0v) is 13.6. The molecule has 0 aromatic heterocycles. The lowest BCUT2D eigenvalue weighted by atomic mass is 10.1. The summed E-state index contributed by atoms with van der Waals surface area (Å²) < 4.78 is 0. The minimum absolute atomic E-state index is 0.0149. The molecule has 0 radical (unpaired) electrons. The van der Waals surface area contributed by atoms with Crippen LogP contribution in [0, 0.1) is 10.1 Å². The van der Waals surface area contributed by atoms with Crippen molar-refractivity contribution in [3.8, 4) is 0 Å². The minimum atomic E-state index is -0.607. The molecule has 0 aliphatic carbocycles. The van der Waals surface area contributed by atoms with E-state index in [2.05, 4.69) is 30.5 Å². The largest absolute Gasteiger partial charge is 0.282 e. The number of nitro benzene ring substituents is 1. The first-order valence-electron chi connectivity index (χ1n) is 7.27. The molecule has 1 amide bonds. The number of rotatable bonds is 7. The molecule has 1 aromatic carbocycles. The van der Waals surface area contributed by atoms with Gasteiger partial charge in [-0.05, 0) is 45.8 Å². The minimum Gasteiger partial charge on any atom is -0.267 e. The lowest BCUT2D eigenvalue weighted by molar-refractivity contribution is -0.385. The molecular weight excluding hydrogens is 294 g/mol. The van der Waals surface area contributed by atoms with Crippen molar-refractivity contribution >= 4 is 17.8 Å². The van der Waals surface area contributed by atoms with E-state index in [0.717, 1.165) is 18.4 Å². The van der Waals surface area contributed by atoms with Crippen LogP contribution in [-0.4, -0.2) is 17.0 Å². The summed E-state index contributed by atoms with van der Waals surface area (Å²) in [4.78, 5) is 22.2. The van der Waals surface area contributed by atoms with Crippen LogP contribution in [0.15, 0.2) is 52.7 Å². The first-order chi connectivity index (χ1) is 10.9. The van der Waals surface area contributed by atoms with Crippen LogP contribution in [0.5, 0.6) is 0 Å². The molecule has 1 N–H and O–H groups in total. The van der Waals surface area contributed by atoms with E-state index in [9.17, 15) is 14.9 Å². The van der Waals surface area contributed by atoms with E-state index in [4.69, 9.17) is 0 Å². The molecule has 0 fully saturated rings. The molecule has 1 aromatic rings. The molecule has 1 rings (SSSR count). The molecule has 0 heterocycles. The molecule has 0 aliphatic heterocycles. The topological polar surface area (TPSA) is 84.6 Å². The third-order valence-corrected chi connectivity index (χ3v) is 3.04. The Morgan fingerprint density at radius 2 is 2.00 bits per heavy atom. The standard InChI is InChI=1S/C17H21N3O3/c1-13(2)7-6-8-14(3)11-12-18-19-17(21)15-9-4-5-10-16(15)20(22)23/h4-5,7,9-12H,6,8H2,1-3H3,(H,19,21)/b14-11+,18-12+. The normalized spacial score (nSPS) is 11.3. The van der Waals surface area contributed by atoms with E-state index >= 15 is 0 Å². The first kappa shape index (κ1) is 18.3. The van der Waals surface area contributed by atoms with Crippen molar-refractivity contribution in [1.29, 1.82) is 0 Å². The number of allylic oxidation sites excluding steroid dienone is 4. The number of para-hydroxylation sites is 1. The van der Waals surface area contributed by atoms with E-state index in [1.807, 2.05) is 6.92 Å². The zero-order valence-electron chi connectivity index (χ0n) is 13.6. The number of carbonyl (C=O) groups excluding carboxylic acids is 1. The van der Waals surface area contributed by atoms with E-state index in [1.54, 1.807) is 12.1 Å². The molecule has 0 saturated heterocycles. The van der Waals surface area contributed by atoms with Crippen LogP contribution in [0.1, 0.15) is 44.0 Å². The van der Waals surface area contributed by atoms with Gasteiger partial charge in [0.15, 0.2) is 0 Å². The summed E-state index contributed by atoms with van der Waals surface area (Å²) in [6.07, 6.45) is 7.31. The first-order valence-corrected chi connectivity index (χ1v) is 7.27. The number of hydrazone groups is 1. The number of amides is 1. The summed E-state index contributed by atoms with van der Waals surface area (Å²) in [5.74, 6) is -0.607. The van der Waals surface area contributed by atoms with Crippen LogP contribution in [0.3, 0.4) is 0 Å². The highest BCUT2D eigenvalue weighted by atomic mass is 16.6. The molecule has 0 spiro atoms. The number of nitrogens with zero attached hydrogens (tertiary/aromatic N) is 2. The second-order valence-electron chi connectivity index (χ2n) is 5.33. The maximum absolute atomic E-state index is 11.9. The van der Waals surface area contributed by atoms with Gasteiger partial charge in [-0.2, -0.15) is 5.10 Å². The van der Waals surface area contributed by atoms with Gasteiger partial charge in [0.1, 0.15) is 5.56 Å². The van der Waals surface area contributed by atoms with Gasteiger partial charge in [-0.3, -0.25) is 14.9 Å². The summed E-state index contributed by atoms with van der Waals surface area (Å²) in [5.41, 5.74) is 4.45. The lowest BCUT2D eigenvalue weighted by Crippen LogP contribution is -2.18. The Bertz CT molecular complexity index is 657. The van der Waals surface area contributed by atoms with Gasteiger partial charge >= 0.3 is 0 Å². The average molecular weight is 315 g/mol. The predicted octanol–water partition coefficient (Wildman–Crippen LogP) is 4.00. The van der Waals surface area contributed by atoms with Crippen LogP contribution in [0.4, 0.5) is 5.69 Å². The number of hydrogen-bond acceptors (Lipinski definition) is 4. The van der Waals surface area contributed by atoms with Gasteiger partial charge < -0.3 is 0 Å². The Balaban J connectivity index is 2.59. The number of nitro groups is 1. The lowest BCUT2D eigenvalue weighted by Gasteiger charge is -2.00. The van der Waals surface area contributed by atoms with Crippen molar-refractivity contribution in [2.75, 3.05) is 0 Å². The Morgan fingerprint density at radius 3 is 2.65 bits per heavy atom. The van der Waals surface area contributed by atoms with Gasteiger partial charge in [-0.25, -0.2) is 5.43 Å². The Labute approximate surface area is 135 Å². The van der Waals surface area contributed by atoms with Crippen molar-refractivity contribution in [3.63, 3.8) is 0 Å². The van der Waals surface area contributed by atoms with E-state index < -0.39 is 10.8 Å². The quantitative estimate of drug-likeness (QED) is 0.357. The van der Waals surface area contributed by atoms with Crippen molar-refractivity contribution in [1.82, 2.24) is 5.43 Å². The maximum atomic E-state index is 11.9. The summed E-state index contributed by atoms with van der Waals surface area (Å²) >= 11 is 0. The summed E-state index contributed by atoms with van der Waals surface area (Å²) in [6, 6.07) is 5.76. The molecule has 6 heteroatoms. The highest BCUT2D eigenvalue weighted by Crippen LogP contribution is 2.17. The molecule has 23 heavy (non-hydrogen) atoms. The predicted molar refractivity (Wildman–Crippen MR) is 91.5 cm³/mol.